The van der Waals surface area contributed by atoms with E-state index in [2.05, 4.69) is 17.2 Å². The molecule has 1 aliphatic rings. The Hall–Kier alpha value is -1.73. The molecule has 2 rings (SSSR count). The normalized spacial score (nSPS) is 23.8. The van der Waals surface area contributed by atoms with Crippen LogP contribution in [0.3, 0.4) is 0 Å². The molecule has 1 saturated heterocycles. The Morgan fingerprint density at radius 1 is 1.42 bits per heavy atom. The van der Waals surface area contributed by atoms with Crippen LogP contribution in [0.1, 0.15) is 6.42 Å². The monoisotopic (exact) mass is 402 g/mol. The van der Waals surface area contributed by atoms with Crippen LogP contribution in [0.5, 0.6) is 0 Å². The number of allylic oxidation sites excluding steroid dienone is 4. The summed E-state index contributed by atoms with van der Waals surface area (Å²) in [5.41, 5.74) is 0.462. The number of carbonyl (C=O) groups is 1. The average Bonchev–Trinajstić information content (AvgIpc) is 3.04. The van der Waals surface area contributed by atoms with Gasteiger partial charge in [0.25, 0.3) is 0 Å². The molecule has 0 saturated carbocycles. The molecule has 0 aliphatic carbocycles. The molecule has 4 nitrogen and oxygen atoms in total. The summed E-state index contributed by atoms with van der Waals surface area (Å²) in [5, 5.41) is 15.0. The number of hydrogen-bond acceptors (Lipinski definition) is 3. The summed E-state index contributed by atoms with van der Waals surface area (Å²) in [6, 6.07) is 5.14. The lowest BCUT2D eigenvalue weighted by atomic mass is 9.96. The minimum Gasteiger partial charge on any atom is -0.395 e. The minimum absolute atomic E-state index is 0.184. The Labute approximate surface area is 160 Å². The number of anilines is 1. The minimum atomic E-state index is -0.932. The largest absolute Gasteiger partial charge is 0.395 e. The van der Waals surface area contributed by atoms with Crippen molar-refractivity contribution in [1.29, 1.82) is 0 Å². The van der Waals surface area contributed by atoms with E-state index in [-0.39, 0.29) is 18.1 Å². The topological polar surface area (TPSA) is 61.4 Å². The van der Waals surface area contributed by atoms with Crippen molar-refractivity contribution in [2.24, 2.45) is 5.92 Å². The molecule has 3 atom stereocenters. The Morgan fingerprint density at radius 2 is 2.15 bits per heavy atom. The average molecular weight is 403 g/mol. The molecule has 26 heavy (non-hydrogen) atoms. The highest BCUT2D eigenvalue weighted by Crippen LogP contribution is 2.30. The molecular formula is C18H18Cl2F2N2O2. The first-order valence-corrected chi connectivity index (χ1v) is 8.58. The number of hydrogen-bond donors (Lipinski definition) is 3. The molecule has 1 fully saturated rings. The van der Waals surface area contributed by atoms with E-state index in [1.54, 1.807) is 24.3 Å². The zero-order valence-electron chi connectivity index (χ0n) is 13.7. The van der Waals surface area contributed by atoms with Crippen LogP contribution in [-0.2, 0) is 4.79 Å². The van der Waals surface area contributed by atoms with E-state index < -0.39 is 35.6 Å². The predicted octanol–water partition coefficient (Wildman–Crippen LogP) is 4.08. The summed E-state index contributed by atoms with van der Waals surface area (Å²) in [6.07, 6.45) is 1.95. The molecule has 1 heterocycles. The second kappa shape index (κ2) is 9.28. The van der Waals surface area contributed by atoms with Gasteiger partial charge in [0.05, 0.1) is 17.7 Å². The SMILES string of the molecule is C=C(Cl)/C(F)=C\C=C(/F)C1C[C@H](CO)NC1C(=O)Nc1cccc(Cl)c1. The number of halogens is 4. The van der Waals surface area contributed by atoms with Gasteiger partial charge in [0.2, 0.25) is 5.91 Å². The molecule has 0 bridgehead atoms. The maximum absolute atomic E-state index is 14.5. The van der Waals surface area contributed by atoms with Crippen LogP contribution in [0.4, 0.5) is 14.5 Å². The van der Waals surface area contributed by atoms with E-state index in [4.69, 9.17) is 23.2 Å². The molecule has 140 valence electrons. The van der Waals surface area contributed by atoms with E-state index >= 15 is 0 Å². The highest BCUT2D eigenvalue weighted by molar-refractivity contribution is 6.31. The molecule has 1 amide bonds. The van der Waals surface area contributed by atoms with Crippen molar-refractivity contribution in [3.8, 4) is 0 Å². The van der Waals surface area contributed by atoms with Crippen LogP contribution in [0, 0.1) is 5.92 Å². The summed E-state index contributed by atoms with van der Waals surface area (Å²) in [4.78, 5) is 12.5. The number of carbonyl (C=O) groups excluding carboxylic acids is 1. The van der Waals surface area contributed by atoms with Crippen molar-refractivity contribution in [2.45, 2.75) is 18.5 Å². The standard InChI is InChI=1S/C18H18Cl2F2N2O2/c1-10(19)15(21)5-6-16(22)14-8-13(9-25)23-17(14)18(26)24-12-4-2-3-11(20)7-12/h2-7,13-14,17,23,25H,1,8-9H2,(H,24,26)/b15-5+,16-6-/t13-,14?,17?/m1/s1. The van der Waals surface area contributed by atoms with Crippen molar-refractivity contribution in [1.82, 2.24) is 5.32 Å². The molecule has 1 aromatic rings. The molecule has 0 aromatic heterocycles. The second-order valence-corrected chi connectivity index (χ2v) is 6.73. The number of amides is 1. The molecule has 2 unspecified atom stereocenters. The fraction of sp³-hybridized carbons (Fsp3) is 0.278. The lowest BCUT2D eigenvalue weighted by Gasteiger charge is -2.18. The van der Waals surface area contributed by atoms with Crippen LogP contribution >= 0.6 is 23.2 Å². The van der Waals surface area contributed by atoms with Crippen LogP contribution < -0.4 is 10.6 Å². The van der Waals surface area contributed by atoms with Gasteiger partial charge >= 0.3 is 0 Å². The van der Waals surface area contributed by atoms with Gasteiger partial charge in [-0.1, -0.05) is 35.8 Å². The fourth-order valence-electron chi connectivity index (χ4n) is 2.69. The zero-order valence-corrected chi connectivity index (χ0v) is 15.2. The van der Waals surface area contributed by atoms with Crippen molar-refractivity contribution < 1.29 is 18.7 Å². The highest BCUT2D eigenvalue weighted by atomic mass is 35.5. The van der Waals surface area contributed by atoms with Crippen LogP contribution in [0.25, 0.3) is 0 Å². The summed E-state index contributed by atoms with van der Waals surface area (Å²) in [7, 11) is 0. The first-order valence-electron chi connectivity index (χ1n) is 7.82. The number of aliphatic hydroxyl groups is 1. The molecule has 1 aromatic carbocycles. The molecular weight excluding hydrogens is 385 g/mol. The van der Waals surface area contributed by atoms with Gasteiger partial charge in [0.1, 0.15) is 11.7 Å². The summed E-state index contributed by atoms with van der Waals surface area (Å²) in [6.45, 7) is 2.95. The number of rotatable bonds is 6. The summed E-state index contributed by atoms with van der Waals surface area (Å²) >= 11 is 11.3. The molecule has 0 radical (unpaired) electrons. The van der Waals surface area contributed by atoms with Gasteiger partial charge in [-0.25, -0.2) is 8.78 Å². The van der Waals surface area contributed by atoms with Crippen molar-refractivity contribution in [2.75, 3.05) is 11.9 Å². The smallest absolute Gasteiger partial charge is 0.242 e. The highest BCUT2D eigenvalue weighted by Gasteiger charge is 2.40. The first-order chi connectivity index (χ1) is 12.3. The van der Waals surface area contributed by atoms with Gasteiger partial charge < -0.3 is 15.7 Å². The van der Waals surface area contributed by atoms with Gasteiger partial charge in [-0.3, -0.25) is 4.79 Å². The number of benzene rings is 1. The Kier molecular flexibility index (Phi) is 7.34. The molecule has 8 heteroatoms. The first kappa shape index (κ1) is 20.6. The third kappa shape index (κ3) is 5.38. The third-order valence-corrected chi connectivity index (χ3v) is 4.37. The maximum Gasteiger partial charge on any atom is 0.242 e. The van der Waals surface area contributed by atoms with E-state index in [0.717, 1.165) is 12.2 Å². The summed E-state index contributed by atoms with van der Waals surface area (Å²) < 4.78 is 27.9. The Balaban J connectivity index is 2.18. The summed E-state index contributed by atoms with van der Waals surface area (Å²) in [5.74, 6) is -2.92. The second-order valence-electron chi connectivity index (χ2n) is 5.84. The molecule has 0 spiro atoms. The number of nitrogens with one attached hydrogen (secondary N) is 2. The van der Waals surface area contributed by atoms with E-state index in [0.29, 0.717) is 10.7 Å². The van der Waals surface area contributed by atoms with Crippen molar-refractivity contribution in [3.63, 3.8) is 0 Å². The predicted molar refractivity (Wildman–Crippen MR) is 99.4 cm³/mol. The lowest BCUT2D eigenvalue weighted by Crippen LogP contribution is -2.43. The van der Waals surface area contributed by atoms with E-state index in [1.165, 1.54) is 0 Å². The zero-order chi connectivity index (χ0) is 19.3. The third-order valence-electron chi connectivity index (χ3n) is 3.95. The Bertz CT molecular complexity index is 752. The van der Waals surface area contributed by atoms with Crippen molar-refractivity contribution >= 4 is 34.8 Å². The van der Waals surface area contributed by atoms with Gasteiger partial charge in [-0.15, -0.1) is 0 Å². The molecule has 1 aliphatic heterocycles. The number of aliphatic hydroxyl groups excluding tert-OH is 1. The maximum atomic E-state index is 14.5. The molecule has 3 N–H and O–H groups in total. The fourth-order valence-corrected chi connectivity index (χ4v) is 2.94. The van der Waals surface area contributed by atoms with Crippen LogP contribution in [0.2, 0.25) is 5.02 Å². The quantitative estimate of drug-likeness (QED) is 0.628. The van der Waals surface area contributed by atoms with Gasteiger partial charge in [-0.2, -0.15) is 0 Å². The van der Waals surface area contributed by atoms with Gasteiger partial charge in [0.15, 0.2) is 0 Å². The van der Waals surface area contributed by atoms with E-state index in [9.17, 15) is 18.7 Å². The van der Waals surface area contributed by atoms with E-state index in [1.807, 2.05) is 0 Å². The van der Waals surface area contributed by atoms with Crippen LogP contribution in [-0.4, -0.2) is 29.7 Å². The lowest BCUT2D eigenvalue weighted by molar-refractivity contribution is -0.118. The van der Waals surface area contributed by atoms with Crippen LogP contribution in [0.15, 0.2) is 59.7 Å². The van der Waals surface area contributed by atoms with Crippen molar-refractivity contribution in [3.05, 3.63) is 64.7 Å². The van der Waals surface area contributed by atoms with Gasteiger partial charge in [-0.05, 0) is 36.8 Å². The van der Waals surface area contributed by atoms with Gasteiger partial charge in [0, 0.05) is 22.7 Å². The Morgan fingerprint density at radius 3 is 2.77 bits per heavy atom.